The molecule has 0 aromatic rings. The maximum atomic E-state index is 9.87. The summed E-state index contributed by atoms with van der Waals surface area (Å²) in [5, 5.41) is 29.3. The normalized spacial score (nSPS) is 42.8. The third-order valence-corrected chi connectivity index (χ3v) is 4.02. The largest absolute Gasteiger partial charge is 0.394 e. The zero-order chi connectivity index (χ0) is 11.9. The number of aliphatic hydroxyl groups excluding tert-OH is 3. The van der Waals surface area contributed by atoms with E-state index >= 15 is 0 Å². The van der Waals surface area contributed by atoms with Crippen molar-refractivity contribution in [3.63, 3.8) is 0 Å². The molecule has 0 unspecified atom stereocenters. The van der Waals surface area contributed by atoms with Crippen molar-refractivity contribution in [2.24, 2.45) is 4.99 Å². The number of fused-ring (bicyclic) bond motifs is 1. The van der Waals surface area contributed by atoms with Crippen molar-refractivity contribution in [2.75, 3.05) is 20.7 Å². The molecule has 2 aliphatic heterocycles. The minimum atomic E-state index is -1.09. The number of thioether (sulfide) groups is 1. The van der Waals surface area contributed by atoms with E-state index in [0.29, 0.717) is 0 Å². The SMILES string of the molecule is CN(C)C1=N[C@H]2[C@H](O)[C@H](O)[C@H](CO)O[C@H]2S1. The Bertz CT molecular complexity index is 299. The van der Waals surface area contributed by atoms with E-state index in [1.165, 1.54) is 11.8 Å². The number of nitrogens with zero attached hydrogens (tertiary/aromatic N) is 2. The highest BCUT2D eigenvalue weighted by Gasteiger charge is 2.48. The van der Waals surface area contributed by atoms with Crippen molar-refractivity contribution in [3.05, 3.63) is 0 Å². The van der Waals surface area contributed by atoms with Gasteiger partial charge in [-0.1, -0.05) is 11.8 Å². The van der Waals surface area contributed by atoms with Crippen molar-refractivity contribution >= 4 is 16.9 Å². The second-order valence-electron chi connectivity index (χ2n) is 4.12. The lowest BCUT2D eigenvalue weighted by Gasteiger charge is -2.37. The Morgan fingerprint density at radius 1 is 1.38 bits per heavy atom. The van der Waals surface area contributed by atoms with E-state index in [0.717, 1.165) is 5.17 Å². The standard InChI is InChI=1S/C9H16N2O4S/c1-11(2)9-10-5-7(14)6(13)4(3-12)15-8(5)16-9/h4-8,12-14H,3H2,1-2H3/t4-,5-,6+,7-,8-/m0/s1. The number of ether oxygens (including phenoxy) is 1. The van der Waals surface area contributed by atoms with Gasteiger partial charge in [0.1, 0.15) is 29.8 Å². The van der Waals surface area contributed by atoms with Gasteiger partial charge in [0, 0.05) is 14.1 Å². The smallest absolute Gasteiger partial charge is 0.161 e. The molecule has 2 aliphatic rings. The van der Waals surface area contributed by atoms with Gasteiger partial charge in [0.05, 0.1) is 6.61 Å². The lowest BCUT2D eigenvalue weighted by molar-refractivity contribution is -0.164. The van der Waals surface area contributed by atoms with E-state index in [2.05, 4.69) is 4.99 Å². The first kappa shape index (κ1) is 12.1. The summed E-state index contributed by atoms with van der Waals surface area (Å²) in [5.74, 6) is 0. The van der Waals surface area contributed by atoms with Crippen LogP contribution in [-0.2, 0) is 4.74 Å². The molecule has 5 atom stereocenters. The fourth-order valence-electron chi connectivity index (χ4n) is 1.78. The molecular formula is C9H16N2O4S. The molecule has 1 fully saturated rings. The maximum absolute atomic E-state index is 9.87. The van der Waals surface area contributed by atoms with Crippen molar-refractivity contribution in [1.29, 1.82) is 0 Å². The molecule has 2 rings (SSSR count). The van der Waals surface area contributed by atoms with Crippen molar-refractivity contribution in [3.8, 4) is 0 Å². The Morgan fingerprint density at radius 3 is 2.62 bits per heavy atom. The molecule has 0 aromatic carbocycles. The van der Waals surface area contributed by atoms with Gasteiger partial charge in [-0.2, -0.15) is 0 Å². The van der Waals surface area contributed by atoms with Crippen molar-refractivity contribution < 1.29 is 20.1 Å². The number of amidine groups is 1. The van der Waals surface area contributed by atoms with Gasteiger partial charge in [-0.3, -0.25) is 4.99 Å². The van der Waals surface area contributed by atoms with Crippen LogP contribution in [0, 0.1) is 0 Å². The molecule has 0 amide bonds. The third-order valence-electron chi connectivity index (χ3n) is 2.71. The van der Waals surface area contributed by atoms with Gasteiger partial charge >= 0.3 is 0 Å². The summed E-state index contributed by atoms with van der Waals surface area (Å²) in [6.45, 7) is -0.306. The monoisotopic (exact) mass is 248 g/mol. The van der Waals surface area contributed by atoms with Gasteiger partial charge in [0.2, 0.25) is 0 Å². The number of aliphatic imine (C=N–C) groups is 1. The average Bonchev–Trinajstić information content (AvgIpc) is 2.67. The Morgan fingerprint density at radius 2 is 2.06 bits per heavy atom. The number of rotatable bonds is 1. The van der Waals surface area contributed by atoms with Crippen LogP contribution in [0.15, 0.2) is 4.99 Å². The van der Waals surface area contributed by atoms with E-state index < -0.39 is 24.4 Å². The first-order chi connectivity index (χ1) is 7.54. The molecule has 16 heavy (non-hydrogen) atoms. The minimum absolute atomic E-state index is 0.306. The zero-order valence-corrected chi connectivity index (χ0v) is 9.96. The Labute approximate surface area is 97.9 Å². The Hall–Kier alpha value is -0.340. The average molecular weight is 248 g/mol. The summed E-state index contributed by atoms with van der Waals surface area (Å²) in [6, 6.07) is -0.458. The van der Waals surface area contributed by atoms with Crippen molar-refractivity contribution in [1.82, 2.24) is 4.90 Å². The lowest BCUT2D eigenvalue weighted by atomic mass is 9.99. The highest BCUT2D eigenvalue weighted by Crippen LogP contribution is 2.36. The molecular weight excluding hydrogens is 232 g/mol. The summed E-state index contributed by atoms with van der Waals surface area (Å²) < 4.78 is 5.48. The van der Waals surface area contributed by atoms with Crippen LogP contribution in [0.25, 0.3) is 0 Å². The summed E-state index contributed by atoms with van der Waals surface area (Å²) >= 11 is 1.40. The maximum Gasteiger partial charge on any atom is 0.161 e. The molecule has 92 valence electrons. The Balaban J connectivity index is 2.14. The number of hydrogen-bond donors (Lipinski definition) is 3. The van der Waals surface area contributed by atoms with Crippen LogP contribution in [0.3, 0.4) is 0 Å². The molecule has 6 nitrogen and oxygen atoms in total. The molecule has 0 aromatic heterocycles. The van der Waals surface area contributed by atoms with Crippen LogP contribution in [0.2, 0.25) is 0 Å². The van der Waals surface area contributed by atoms with Crippen LogP contribution in [-0.4, -0.2) is 75.9 Å². The second kappa shape index (κ2) is 4.50. The van der Waals surface area contributed by atoms with Crippen LogP contribution >= 0.6 is 11.8 Å². The van der Waals surface area contributed by atoms with E-state index in [1.807, 2.05) is 19.0 Å². The fraction of sp³-hybridized carbons (Fsp3) is 0.889. The van der Waals surface area contributed by atoms with Gasteiger partial charge in [0.15, 0.2) is 5.17 Å². The summed E-state index contributed by atoms with van der Waals surface area (Å²) in [6.07, 6.45) is -2.81. The lowest BCUT2D eigenvalue weighted by Crippen LogP contribution is -2.55. The third kappa shape index (κ3) is 1.93. The minimum Gasteiger partial charge on any atom is -0.394 e. The Kier molecular flexibility index (Phi) is 3.41. The van der Waals surface area contributed by atoms with Crippen LogP contribution in [0.1, 0.15) is 0 Å². The molecule has 0 spiro atoms. The van der Waals surface area contributed by atoms with E-state index in [9.17, 15) is 10.2 Å². The highest BCUT2D eigenvalue weighted by molar-refractivity contribution is 8.14. The van der Waals surface area contributed by atoms with Crippen LogP contribution in [0.4, 0.5) is 0 Å². The molecule has 3 N–H and O–H groups in total. The van der Waals surface area contributed by atoms with Gasteiger partial charge in [0.25, 0.3) is 0 Å². The molecule has 0 aliphatic carbocycles. The summed E-state index contributed by atoms with van der Waals surface area (Å²) in [5.41, 5.74) is -0.326. The van der Waals surface area contributed by atoms with Gasteiger partial charge in [-0.05, 0) is 0 Å². The topological polar surface area (TPSA) is 85.5 Å². The predicted molar refractivity (Wildman–Crippen MR) is 60.3 cm³/mol. The van der Waals surface area contributed by atoms with Crippen LogP contribution < -0.4 is 0 Å². The summed E-state index contributed by atoms with van der Waals surface area (Å²) in [7, 11) is 3.71. The molecule has 7 heteroatoms. The number of hydrogen-bond acceptors (Lipinski definition) is 7. The van der Waals surface area contributed by atoms with E-state index in [1.54, 1.807) is 0 Å². The zero-order valence-electron chi connectivity index (χ0n) is 9.15. The van der Waals surface area contributed by atoms with Crippen molar-refractivity contribution in [2.45, 2.75) is 29.8 Å². The second-order valence-corrected chi connectivity index (χ2v) is 5.19. The molecule has 0 saturated carbocycles. The molecule has 2 heterocycles. The molecule has 0 radical (unpaired) electrons. The van der Waals surface area contributed by atoms with Gasteiger partial charge in [-0.25, -0.2) is 0 Å². The van der Waals surface area contributed by atoms with Gasteiger partial charge in [-0.15, -0.1) is 0 Å². The predicted octanol–water partition coefficient (Wildman–Crippen LogP) is -1.54. The van der Waals surface area contributed by atoms with Crippen LogP contribution in [0.5, 0.6) is 0 Å². The quantitative estimate of drug-likeness (QED) is 0.521. The first-order valence-corrected chi connectivity index (χ1v) is 5.96. The van der Waals surface area contributed by atoms with Gasteiger partial charge < -0.3 is 25.0 Å². The van der Waals surface area contributed by atoms with E-state index in [4.69, 9.17) is 9.84 Å². The van der Waals surface area contributed by atoms with E-state index in [-0.39, 0.29) is 12.0 Å². The fourth-order valence-corrected chi connectivity index (χ4v) is 2.95. The highest BCUT2D eigenvalue weighted by atomic mass is 32.2. The number of aliphatic hydroxyl groups is 3. The molecule has 1 saturated heterocycles. The summed E-state index contributed by atoms with van der Waals surface area (Å²) in [4.78, 5) is 6.13. The first-order valence-electron chi connectivity index (χ1n) is 5.09. The molecule has 0 bridgehead atoms.